The Kier molecular flexibility index (Phi) is 13.5. The number of nitrogens with one attached hydrogen (secondary N) is 2. The molecule has 12 heteroatoms. The highest BCUT2D eigenvalue weighted by Crippen LogP contribution is 2.29. The fraction of sp³-hybridized carbons (Fsp3) is 0.432. The molecule has 49 heavy (non-hydrogen) atoms. The summed E-state index contributed by atoms with van der Waals surface area (Å²) in [6, 6.07) is 16.0. The minimum Gasteiger partial charge on any atom is -0.490 e. The second kappa shape index (κ2) is 17.8. The van der Waals surface area contributed by atoms with Crippen molar-refractivity contribution in [2.24, 2.45) is 5.92 Å². The van der Waals surface area contributed by atoms with Crippen molar-refractivity contribution in [2.45, 2.75) is 64.8 Å². The molecule has 0 radical (unpaired) electrons. The lowest BCUT2D eigenvalue weighted by molar-refractivity contribution is -0.0177. The quantitative estimate of drug-likeness (QED) is 0.213. The van der Waals surface area contributed by atoms with Crippen LogP contribution in [0.5, 0.6) is 5.75 Å². The summed E-state index contributed by atoms with van der Waals surface area (Å²) < 4.78 is 26.0. The van der Waals surface area contributed by atoms with Gasteiger partial charge in [0.05, 0.1) is 36.0 Å². The Hall–Kier alpha value is -4.52. The van der Waals surface area contributed by atoms with Crippen molar-refractivity contribution in [2.75, 3.05) is 44.0 Å². The summed E-state index contributed by atoms with van der Waals surface area (Å²) in [4.78, 5) is 42.1. The van der Waals surface area contributed by atoms with Crippen molar-refractivity contribution in [3.05, 3.63) is 89.2 Å². The van der Waals surface area contributed by atoms with Gasteiger partial charge in [-0.3, -0.25) is 9.69 Å². The number of likely N-dealkylation sites (N-methyl/N-ethyl adjacent to an activating group) is 1. The van der Waals surface area contributed by atoms with Crippen LogP contribution in [0.2, 0.25) is 0 Å². The maximum absolute atomic E-state index is 14.3. The summed E-state index contributed by atoms with van der Waals surface area (Å²) in [6.45, 7) is 7.44. The third kappa shape index (κ3) is 11.0. The summed E-state index contributed by atoms with van der Waals surface area (Å²) >= 11 is 0. The molecule has 0 saturated carbocycles. The number of carboxylic acids is 1. The normalized spacial score (nSPS) is 19.7. The number of fused-ring (bicyclic) bond motifs is 1. The molecule has 4 rings (SSSR count). The fourth-order valence-electron chi connectivity index (χ4n) is 5.73. The second-order valence-electron chi connectivity index (χ2n) is 12.8. The van der Waals surface area contributed by atoms with Crippen LogP contribution in [0, 0.1) is 11.7 Å². The van der Waals surface area contributed by atoms with E-state index in [0.717, 1.165) is 24.8 Å². The van der Waals surface area contributed by atoms with Gasteiger partial charge in [-0.2, -0.15) is 0 Å². The number of carbonyl (C=O) groups excluding carboxylic acids is 2. The van der Waals surface area contributed by atoms with Gasteiger partial charge < -0.3 is 35.2 Å². The molecule has 0 fully saturated rings. The van der Waals surface area contributed by atoms with Crippen molar-refractivity contribution in [1.82, 2.24) is 9.80 Å². The van der Waals surface area contributed by atoms with E-state index in [2.05, 4.69) is 15.5 Å². The molecular weight excluding hydrogens is 631 g/mol. The number of amides is 3. The zero-order valence-electron chi connectivity index (χ0n) is 28.5. The monoisotopic (exact) mass is 678 g/mol. The smallest absolute Gasteiger partial charge is 0.335 e. The molecule has 1 aliphatic rings. The number of carboxylic acid groups (broad SMARTS) is 1. The van der Waals surface area contributed by atoms with E-state index < -0.39 is 23.9 Å². The molecule has 0 unspecified atom stereocenters. The summed E-state index contributed by atoms with van der Waals surface area (Å²) in [6.07, 6.45) is 1.97. The number of aliphatic hydroxyl groups is 1. The first kappa shape index (κ1) is 37.3. The Balaban J connectivity index is 1.56. The van der Waals surface area contributed by atoms with E-state index in [9.17, 15) is 29.0 Å². The van der Waals surface area contributed by atoms with Crippen molar-refractivity contribution in [3.8, 4) is 5.75 Å². The average Bonchev–Trinajstić information content (AvgIpc) is 3.07. The Labute approximate surface area is 287 Å². The first-order valence-electron chi connectivity index (χ1n) is 16.6. The van der Waals surface area contributed by atoms with Crippen LogP contribution in [0.3, 0.4) is 0 Å². The number of hydrogen-bond acceptors (Lipinski definition) is 7. The van der Waals surface area contributed by atoms with E-state index in [-0.39, 0.29) is 48.3 Å². The molecule has 3 aromatic carbocycles. The lowest BCUT2D eigenvalue weighted by Gasteiger charge is -2.36. The predicted molar refractivity (Wildman–Crippen MR) is 186 cm³/mol. The molecule has 264 valence electrons. The standard InChI is InChI=1S/C37H47FN4O7/c1-24-20-42(25(2)23-43)35(44)32-19-31(40-37(47)39-30-14-12-29(38)13-15-30)16-17-33(32)49-26(3)7-5-6-18-48-34(24)22-41(4)21-27-8-10-28(11-9-27)36(45)46/h8-17,19,24-26,34,43H,5-7,18,20-23H2,1-4H3,(H,45,46)(H2,39,40,47)/t24-,25+,26-,34+/m1/s1. The second-order valence-corrected chi connectivity index (χ2v) is 12.8. The predicted octanol–water partition coefficient (Wildman–Crippen LogP) is 6.10. The molecule has 0 bridgehead atoms. The van der Waals surface area contributed by atoms with Crippen molar-refractivity contribution < 1.29 is 38.5 Å². The van der Waals surface area contributed by atoms with E-state index in [1.807, 2.05) is 20.9 Å². The van der Waals surface area contributed by atoms with Crippen LogP contribution in [0.4, 0.5) is 20.6 Å². The van der Waals surface area contributed by atoms with Crippen LogP contribution >= 0.6 is 0 Å². The molecule has 1 heterocycles. The molecule has 3 aromatic rings. The molecule has 11 nitrogen and oxygen atoms in total. The minimum atomic E-state index is -0.971. The number of aliphatic hydroxyl groups excluding tert-OH is 1. The number of urea groups is 1. The van der Waals surface area contributed by atoms with Gasteiger partial charge in [0.1, 0.15) is 11.6 Å². The number of ether oxygens (including phenoxy) is 2. The lowest BCUT2D eigenvalue weighted by atomic mass is 10.0. The van der Waals surface area contributed by atoms with Crippen LogP contribution < -0.4 is 15.4 Å². The van der Waals surface area contributed by atoms with Crippen LogP contribution in [0.15, 0.2) is 66.7 Å². The van der Waals surface area contributed by atoms with Gasteiger partial charge >= 0.3 is 12.0 Å². The average molecular weight is 679 g/mol. The van der Waals surface area contributed by atoms with Gasteiger partial charge in [-0.1, -0.05) is 19.1 Å². The highest BCUT2D eigenvalue weighted by molar-refractivity contribution is 6.02. The van der Waals surface area contributed by atoms with Gasteiger partial charge in [0, 0.05) is 43.5 Å². The molecule has 4 N–H and O–H groups in total. The number of rotatable bonds is 9. The maximum atomic E-state index is 14.3. The first-order chi connectivity index (χ1) is 23.4. The first-order valence-corrected chi connectivity index (χ1v) is 16.6. The molecule has 0 aromatic heterocycles. The van der Waals surface area contributed by atoms with Gasteiger partial charge in [-0.15, -0.1) is 0 Å². The Bertz CT molecular complexity index is 1550. The highest BCUT2D eigenvalue weighted by Gasteiger charge is 2.30. The molecule has 1 aliphatic heterocycles. The van der Waals surface area contributed by atoms with E-state index in [0.29, 0.717) is 36.8 Å². The SMILES string of the molecule is C[C@@H]1CCCCO[C@@H](CN(C)Cc2ccc(C(=O)O)cc2)[C@H](C)CN([C@@H](C)CO)C(=O)c2cc(NC(=O)Nc3ccc(F)cc3)ccc2O1. The zero-order valence-corrected chi connectivity index (χ0v) is 28.5. The highest BCUT2D eigenvalue weighted by atomic mass is 19.1. The largest absolute Gasteiger partial charge is 0.490 e. The van der Waals surface area contributed by atoms with Gasteiger partial charge in [-0.25, -0.2) is 14.0 Å². The molecular formula is C37H47FN4O7. The summed E-state index contributed by atoms with van der Waals surface area (Å²) in [5.41, 5.74) is 2.20. The fourth-order valence-corrected chi connectivity index (χ4v) is 5.73. The van der Waals surface area contributed by atoms with E-state index in [4.69, 9.17) is 9.47 Å². The molecule has 0 spiro atoms. The van der Waals surface area contributed by atoms with Gasteiger partial charge in [0.25, 0.3) is 5.91 Å². The minimum absolute atomic E-state index is 0.135. The molecule has 0 aliphatic carbocycles. The van der Waals surface area contributed by atoms with Gasteiger partial charge in [-0.05, 0) is 100 Å². The van der Waals surface area contributed by atoms with E-state index in [1.54, 1.807) is 54.3 Å². The third-order valence-electron chi connectivity index (χ3n) is 8.56. The Morgan fingerprint density at radius 3 is 2.37 bits per heavy atom. The van der Waals surface area contributed by atoms with Crippen LogP contribution in [0.25, 0.3) is 0 Å². The number of carbonyl (C=O) groups is 3. The maximum Gasteiger partial charge on any atom is 0.335 e. The van der Waals surface area contributed by atoms with Gasteiger partial charge in [0.2, 0.25) is 0 Å². The number of benzene rings is 3. The topological polar surface area (TPSA) is 141 Å². The third-order valence-corrected chi connectivity index (χ3v) is 8.56. The van der Waals surface area contributed by atoms with E-state index in [1.165, 1.54) is 24.3 Å². The summed E-state index contributed by atoms with van der Waals surface area (Å²) in [5, 5.41) is 24.8. The number of nitrogens with zero attached hydrogens (tertiary/aromatic N) is 2. The lowest BCUT2D eigenvalue weighted by Crippen LogP contribution is -2.47. The molecule has 4 atom stereocenters. The van der Waals surface area contributed by atoms with Crippen molar-refractivity contribution in [3.63, 3.8) is 0 Å². The zero-order chi connectivity index (χ0) is 35.5. The van der Waals surface area contributed by atoms with Crippen molar-refractivity contribution in [1.29, 1.82) is 0 Å². The summed E-state index contributed by atoms with van der Waals surface area (Å²) in [5.74, 6) is -1.51. The van der Waals surface area contributed by atoms with Crippen LogP contribution in [-0.2, 0) is 11.3 Å². The van der Waals surface area contributed by atoms with E-state index >= 15 is 0 Å². The Morgan fingerprint density at radius 1 is 1.02 bits per heavy atom. The number of hydrogen-bond donors (Lipinski definition) is 4. The van der Waals surface area contributed by atoms with Crippen LogP contribution in [0.1, 0.15) is 66.3 Å². The molecule has 3 amide bonds. The number of aromatic carboxylic acids is 1. The summed E-state index contributed by atoms with van der Waals surface area (Å²) in [7, 11) is 1.97. The van der Waals surface area contributed by atoms with Gasteiger partial charge in [0.15, 0.2) is 0 Å². The Morgan fingerprint density at radius 2 is 1.69 bits per heavy atom. The number of halogens is 1. The molecule has 0 saturated heterocycles. The van der Waals surface area contributed by atoms with Crippen molar-refractivity contribution >= 4 is 29.3 Å². The van der Waals surface area contributed by atoms with Crippen LogP contribution in [-0.4, -0.2) is 89.5 Å². The number of anilines is 2.